The Labute approximate surface area is 125 Å². The molecule has 0 aromatic heterocycles. The zero-order valence-electron chi connectivity index (χ0n) is 11.0. The third-order valence-corrected chi connectivity index (χ3v) is 3.37. The minimum Gasteiger partial charge on any atom is -0.493 e. The van der Waals surface area contributed by atoms with Crippen molar-refractivity contribution < 1.29 is 13.9 Å². The average molecular weight is 340 g/mol. The lowest BCUT2D eigenvalue weighted by Gasteiger charge is -2.14. The van der Waals surface area contributed by atoms with Crippen LogP contribution in [0.25, 0.3) is 0 Å². The molecule has 2 aromatic carbocycles. The second-order valence-electron chi connectivity index (χ2n) is 4.18. The molecule has 0 unspecified atom stereocenters. The predicted molar refractivity (Wildman–Crippen MR) is 79.3 cm³/mol. The van der Waals surface area contributed by atoms with E-state index in [-0.39, 0.29) is 12.4 Å². The highest BCUT2D eigenvalue weighted by atomic mass is 79.9. The van der Waals surface area contributed by atoms with Crippen LogP contribution in [0.3, 0.4) is 0 Å². The average Bonchev–Trinajstić information content (AvgIpc) is 2.47. The molecule has 0 heterocycles. The summed E-state index contributed by atoms with van der Waals surface area (Å²) in [5, 5.41) is 0. The van der Waals surface area contributed by atoms with Gasteiger partial charge in [-0.15, -0.1) is 0 Å². The molecule has 0 amide bonds. The molecule has 0 radical (unpaired) electrons. The highest BCUT2D eigenvalue weighted by Crippen LogP contribution is 2.31. The second kappa shape index (κ2) is 6.72. The van der Waals surface area contributed by atoms with Crippen LogP contribution >= 0.6 is 15.9 Å². The highest BCUT2D eigenvalue weighted by molar-refractivity contribution is 9.10. The normalized spacial score (nSPS) is 10.4. The van der Waals surface area contributed by atoms with Crippen LogP contribution in [0.4, 0.5) is 4.39 Å². The molecule has 0 aliphatic carbocycles. The van der Waals surface area contributed by atoms with E-state index >= 15 is 0 Å². The molecule has 0 fully saturated rings. The van der Waals surface area contributed by atoms with Crippen LogP contribution in [0.1, 0.15) is 11.1 Å². The van der Waals surface area contributed by atoms with Crippen LogP contribution in [0.15, 0.2) is 40.9 Å². The van der Waals surface area contributed by atoms with E-state index in [0.717, 1.165) is 10.0 Å². The van der Waals surface area contributed by atoms with E-state index in [4.69, 9.17) is 15.2 Å². The van der Waals surface area contributed by atoms with Gasteiger partial charge in [0, 0.05) is 22.1 Å². The predicted octanol–water partition coefficient (Wildman–Crippen LogP) is 3.63. The molecular weight excluding hydrogens is 325 g/mol. The van der Waals surface area contributed by atoms with Gasteiger partial charge in [-0.2, -0.15) is 0 Å². The minimum absolute atomic E-state index is 0.110. The summed E-state index contributed by atoms with van der Waals surface area (Å²) >= 11 is 3.31. The molecule has 2 rings (SSSR count). The topological polar surface area (TPSA) is 44.5 Å². The first-order valence-corrected chi connectivity index (χ1v) is 6.87. The molecule has 2 aromatic rings. The third-order valence-electron chi connectivity index (χ3n) is 2.88. The fourth-order valence-corrected chi connectivity index (χ4v) is 2.26. The van der Waals surface area contributed by atoms with Crippen molar-refractivity contribution in [1.29, 1.82) is 0 Å². The summed E-state index contributed by atoms with van der Waals surface area (Å²) in [6.45, 7) is 0.437. The van der Waals surface area contributed by atoms with Gasteiger partial charge < -0.3 is 15.2 Å². The van der Waals surface area contributed by atoms with E-state index in [2.05, 4.69) is 15.9 Å². The second-order valence-corrected chi connectivity index (χ2v) is 5.09. The Balaban J connectivity index is 2.24. The number of hydrogen-bond donors (Lipinski definition) is 1. The third kappa shape index (κ3) is 3.29. The van der Waals surface area contributed by atoms with E-state index in [1.54, 1.807) is 25.3 Å². The molecule has 5 heteroatoms. The summed E-state index contributed by atoms with van der Waals surface area (Å²) in [6, 6.07) is 10.2. The SMILES string of the molecule is COc1cccc(CN)c1OCc1cc(Br)ccc1F. The molecule has 0 aliphatic heterocycles. The molecular formula is C15H15BrFNO2. The van der Waals surface area contributed by atoms with Crippen molar-refractivity contribution in [2.75, 3.05) is 7.11 Å². The Morgan fingerprint density at radius 3 is 2.70 bits per heavy atom. The number of benzene rings is 2. The van der Waals surface area contributed by atoms with E-state index in [1.807, 2.05) is 12.1 Å². The number of nitrogens with two attached hydrogens (primary N) is 1. The van der Waals surface area contributed by atoms with Gasteiger partial charge in [0.1, 0.15) is 12.4 Å². The van der Waals surface area contributed by atoms with Gasteiger partial charge in [-0.3, -0.25) is 0 Å². The van der Waals surface area contributed by atoms with E-state index in [1.165, 1.54) is 6.07 Å². The molecule has 0 spiro atoms. The summed E-state index contributed by atoms with van der Waals surface area (Å²) in [5.74, 6) is 0.831. The quantitative estimate of drug-likeness (QED) is 0.904. The highest BCUT2D eigenvalue weighted by Gasteiger charge is 2.11. The van der Waals surface area contributed by atoms with Crippen molar-refractivity contribution in [2.24, 2.45) is 5.73 Å². The number of halogens is 2. The maximum Gasteiger partial charge on any atom is 0.166 e. The lowest BCUT2D eigenvalue weighted by atomic mass is 10.2. The van der Waals surface area contributed by atoms with Crippen LogP contribution < -0.4 is 15.2 Å². The van der Waals surface area contributed by atoms with Crippen LogP contribution in [0.2, 0.25) is 0 Å². The lowest BCUT2D eigenvalue weighted by Crippen LogP contribution is -2.05. The first kappa shape index (κ1) is 14.8. The van der Waals surface area contributed by atoms with Gasteiger partial charge in [-0.25, -0.2) is 4.39 Å². The maximum atomic E-state index is 13.7. The number of para-hydroxylation sites is 1. The largest absolute Gasteiger partial charge is 0.493 e. The minimum atomic E-state index is -0.308. The van der Waals surface area contributed by atoms with E-state index in [9.17, 15) is 4.39 Å². The van der Waals surface area contributed by atoms with Gasteiger partial charge in [0.2, 0.25) is 0 Å². The Hall–Kier alpha value is -1.59. The zero-order valence-corrected chi connectivity index (χ0v) is 12.6. The van der Waals surface area contributed by atoms with Crippen LogP contribution in [0.5, 0.6) is 11.5 Å². The molecule has 3 nitrogen and oxygen atoms in total. The molecule has 2 N–H and O–H groups in total. The van der Waals surface area contributed by atoms with Crippen LogP contribution in [0, 0.1) is 5.82 Å². The van der Waals surface area contributed by atoms with Crippen molar-refractivity contribution in [3.8, 4) is 11.5 Å². The van der Waals surface area contributed by atoms with Gasteiger partial charge >= 0.3 is 0 Å². The summed E-state index contributed by atoms with van der Waals surface area (Å²) in [7, 11) is 1.56. The first-order chi connectivity index (χ1) is 9.65. The Kier molecular flexibility index (Phi) is 4.98. The fraction of sp³-hybridized carbons (Fsp3) is 0.200. The van der Waals surface area contributed by atoms with Gasteiger partial charge in [-0.05, 0) is 24.3 Å². The molecule has 0 saturated heterocycles. The summed E-state index contributed by atoms with van der Waals surface area (Å²) in [5.41, 5.74) is 6.97. The van der Waals surface area contributed by atoms with Crippen molar-refractivity contribution in [3.05, 3.63) is 57.8 Å². The van der Waals surface area contributed by atoms with Crippen molar-refractivity contribution in [2.45, 2.75) is 13.2 Å². The van der Waals surface area contributed by atoms with Gasteiger partial charge in [-0.1, -0.05) is 28.1 Å². The van der Waals surface area contributed by atoms with Gasteiger partial charge in [0.05, 0.1) is 7.11 Å². The van der Waals surface area contributed by atoms with E-state index < -0.39 is 0 Å². The number of rotatable bonds is 5. The zero-order chi connectivity index (χ0) is 14.5. The van der Waals surface area contributed by atoms with Crippen LogP contribution in [-0.4, -0.2) is 7.11 Å². The smallest absolute Gasteiger partial charge is 0.166 e. The van der Waals surface area contributed by atoms with Crippen molar-refractivity contribution in [3.63, 3.8) is 0 Å². The summed E-state index contributed by atoms with van der Waals surface area (Å²) in [6.07, 6.45) is 0. The first-order valence-electron chi connectivity index (χ1n) is 6.08. The Morgan fingerprint density at radius 1 is 1.20 bits per heavy atom. The number of ether oxygens (including phenoxy) is 2. The van der Waals surface area contributed by atoms with Gasteiger partial charge in [0.25, 0.3) is 0 Å². The molecule has 0 saturated carbocycles. The number of hydrogen-bond acceptors (Lipinski definition) is 3. The molecule has 0 bridgehead atoms. The molecule has 0 aliphatic rings. The standard InChI is InChI=1S/C15H15BrFNO2/c1-19-14-4-2-3-10(8-18)15(14)20-9-11-7-12(16)5-6-13(11)17/h2-7H,8-9,18H2,1H3. The van der Waals surface area contributed by atoms with E-state index in [0.29, 0.717) is 23.6 Å². The van der Waals surface area contributed by atoms with Gasteiger partial charge in [0.15, 0.2) is 11.5 Å². The monoisotopic (exact) mass is 339 g/mol. The van der Waals surface area contributed by atoms with Crippen LogP contribution in [-0.2, 0) is 13.2 Å². The lowest BCUT2D eigenvalue weighted by molar-refractivity contribution is 0.276. The van der Waals surface area contributed by atoms with Crippen molar-refractivity contribution >= 4 is 15.9 Å². The maximum absolute atomic E-state index is 13.7. The molecule has 0 atom stereocenters. The molecule has 20 heavy (non-hydrogen) atoms. The summed E-state index contributed by atoms with van der Waals surface area (Å²) in [4.78, 5) is 0. The van der Waals surface area contributed by atoms with Crippen molar-refractivity contribution in [1.82, 2.24) is 0 Å². The Morgan fingerprint density at radius 2 is 2.00 bits per heavy atom. The fourth-order valence-electron chi connectivity index (χ4n) is 1.85. The number of methoxy groups -OCH3 is 1. The Bertz CT molecular complexity index is 582. The summed E-state index contributed by atoms with van der Waals surface area (Å²) < 4.78 is 25.4. The molecule has 106 valence electrons.